The first-order chi connectivity index (χ1) is 7.33. The molecule has 0 atom stereocenters. The van der Waals surface area contributed by atoms with E-state index in [0.717, 1.165) is 6.54 Å². The van der Waals surface area contributed by atoms with E-state index >= 15 is 0 Å². The molecule has 0 saturated heterocycles. The van der Waals surface area contributed by atoms with Crippen molar-refractivity contribution in [2.24, 2.45) is 11.1 Å². The van der Waals surface area contributed by atoms with Gasteiger partial charge in [-0.3, -0.25) is 0 Å². The van der Waals surface area contributed by atoms with E-state index in [0.29, 0.717) is 12.0 Å². The number of rotatable bonds is 3. The van der Waals surface area contributed by atoms with Gasteiger partial charge in [-0.25, -0.2) is 0 Å². The summed E-state index contributed by atoms with van der Waals surface area (Å²) in [7, 11) is 2.15. The lowest BCUT2D eigenvalue weighted by Crippen LogP contribution is -2.29. The van der Waals surface area contributed by atoms with E-state index in [-0.39, 0.29) is 0 Å². The van der Waals surface area contributed by atoms with Crippen LogP contribution in [0.3, 0.4) is 0 Å². The zero-order chi connectivity index (χ0) is 12.3. The first kappa shape index (κ1) is 13.0. The molecule has 90 valence electrons. The first-order valence-corrected chi connectivity index (χ1v) is 5.84. The van der Waals surface area contributed by atoms with Crippen LogP contribution in [0.5, 0.6) is 0 Å². The van der Waals surface area contributed by atoms with Gasteiger partial charge < -0.3 is 10.6 Å². The third-order valence-electron chi connectivity index (χ3n) is 2.62. The molecular weight excluding hydrogens is 196 g/mol. The molecule has 1 aromatic rings. The van der Waals surface area contributed by atoms with Gasteiger partial charge >= 0.3 is 0 Å². The average molecular weight is 220 g/mol. The van der Waals surface area contributed by atoms with Crippen molar-refractivity contribution in [1.29, 1.82) is 0 Å². The smallest absolute Gasteiger partial charge is 0.0393 e. The van der Waals surface area contributed by atoms with Crippen molar-refractivity contribution in [3.63, 3.8) is 0 Å². The molecule has 0 aliphatic rings. The van der Waals surface area contributed by atoms with E-state index in [1.807, 2.05) is 0 Å². The Labute approximate surface area is 99.5 Å². The Bertz CT molecular complexity index is 350. The van der Waals surface area contributed by atoms with Crippen molar-refractivity contribution >= 4 is 5.69 Å². The Morgan fingerprint density at radius 2 is 1.88 bits per heavy atom. The van der Waals surface area contributed by atoms with Crippen molar-refractivity contribution < 1.29 is 0 Å². The van der Waals surface area contributed by atoms with Crippen LogP contribution in [0.25, 0.3) is 0 Å². The number of hydrogen-bond donors (Lipinski definition) is 1. The van der Waals surface area contributed by atoms with Crippen LogP contribution >= 0.6 is 0 Å². The Hall–Kier alpha value is -1.02. The second kappa shape index (κ2) is 4.88. The van der Waals surface area contributed by atoms with Gasteiger partial charge in [-0.2, -0.15) is 0 Å². The average Bonchev–Trinajstić information content (AvgIpc) is 2.14. The van der Waals surface area contributed by atoms with Crippen molar-refractivity contribution in [3.8, 4) is 0 Å². The predicted octanol–water partition coefficient (Wildman–Crippen LogP) is 2.94. The summed E-state index contributed by atoms with van der Waals surface area (Å²) in [6, 6.07) is 6.46. The molecular formula is C14H24N2. The molecule has 0 spiro atoms. The Kier molecular flexibility index (Phi) is 3.98. The standard InChI is InChI=1S/C14H24N2/c1-11-8-12(9-15)6-7-13(11)16(5)10-14(2,3)4/h6-8H,9-10,15H2,1-5H3. The van der Waals surface area contributed by atoms with Crippen LogP contribution in [0.1, 0.15) is 31.9 Å². The van der Waals surface area contributed by atoms with Gasteiger partial charge in [0.25, 0.3) is 0 Å². The largest absolute Gasteiger partial charge is 0.374 e. The topological polar surface area (TPSA) is 29.3 Å². The number of benzene rings is 1. The van der Waals surface area contributed by atoms with Crippen molar-refractivity contribution in [1.82, 2.24) is 0 Å². The lowest BCUT2D eigenvalue weighted by Gasteiger charge is -2.29. The second-order valence-corrected chi connectivity index (χ2v) is 5.74. The third kappa shape index (κ3) is 3.53. The molecule has 0 radical (unpaired) electrons. The van der Waals surface area contributed by atoms with Crippen LogP contribution in [0.2, 0.25) is 0 Å². The van der Waals surface area contributed by atoms with Crippen LogP contribution in [-0.4, -0.2) is 13.6 Å². The lowest BCUT2D eigenvalue weighted by molar-refractivity contribution is 0.419. The maximum absolute atomic E-state index is 5.63. The monoisotopic (exact) mass is 220 g/mol. The predicted molar refractivity (Wildman–Crippen MR) is 71.8 cm³/mol. The van der Waals surface area contributed by atoms with E-state index in [1.54, 1.807) is 0 Å². The van der Waals surface area contributed by atoms with Gasteiger partial charge in [0, 0.05) is 25.8 Å². The minimum absolute atomic E-state index is 0.313. The Morgan fingerprint density at radius 3 is 2.31 bits per heavy atom. The molecule has 0 aliphatic carbocycles. The second-order valence-electron chi connectivity index (χ2n) is 5.74. The van der Waals surface area contributed by atoms with Crippen molar-refractivity contribution in [3.05, 3.63) is 29.3 Å². The summed E-state index contributed by atoms with van der Waals surface area (Å²) in [6.45, 7) is 10.6. The van der Waals surface area contributed by atoms with E-state index < -0.39 is 0 Å². The quantitative estimate of drug-likeness (QED) is 0.848. The molecule has 0 unspecified atom stereocenters. The SMILES string of the molecule is Cc1cc(CN)ccc1N(C)CC(C)(C)C. The fraction of sp³-hybridized carbons (Fsp3) is 0.571. The molecule has 0 aromatic heterocycles. The Morgan fingerprint density at radius 1 is 1.25 bits per heavy atom. The summed E-state index contributed by atoms with van der Waals surface area (Å²) in [4.78, 5) is 2.32. The van der Waals surface area contributed by atoms with Crippen molar-refractivity contribution in [2.75, 3.05) is 18.5 Å². The molecule has 2 nitrogen and oxygen atoms in total. The molecule has 0 fully saturated rings. The molecule has 16 heavy (non-hydrogen) atoms. The molecule has 2 N–H and O–H groups in total. The van der Waals surface area contributed by atoms with E-state index in [4.69, 9.17) is 5.73 Å². The fourth-order valence-electron chi connectivity index (χ4n) is 2.07. The van der Waals surface area contributed by atoms with Gasteiger partial charge in [0.1, 0.15) is 0 Å². The van der Waals surface area contributed by atoms with Gasteiger partial charge in [-0.05, 0) is 29.5 Å². The van der Waals surface area contributed by atoms with Gasteiger partial charge in [-0.15, -0.1) is 0 Å². The highest BCUT2D eigenvalue weighted by molar-refractivity contribution is 5.54. The maximum atomic E-state index is 5.63. The van der Waals surface area contributed by atoms with Crippen LogP contribution in [0.15, 0.2) is 18.2 Å². The maximum Gasteiger partial charge on any atom is 0.0393 e. The number of hydrogen-bond acceptors (Lipinski definition) is 2. The van der Waals surface area contributed by atoms with Crippen LogP contribution < -0.4 is 10.6 Å². The number of nitrogens with two attached hydrogens (primary N) is 1. The van der Waals surface area contributed by atoms with Gasteiger partial charge in [-0.1, -0.05) is 32.9 Å². The van der Waals surface area contributed by atoms with E-state index in [1.165, 1.54) is 16.8 Å². The fourth-order valence-corrected chi connectivity index (χ4v) is 2.07. The lowest BCUT2D eigenvalue weighted by atomic mass is 9.95. The highest BCUT2D eigenvalue weighted by atomic mass is 15.1. The minimum Gasteiger partial charge on any atom is -0.374 e. The summed E-state index contributed by atoms with van der Waals surface area (Å²) in [6.07, 6.45) is 0. The highest BCUT2D eigenvalue weighted by Gasteiger charge is 2.15. The molecule has 1 aromatic carbocycles. The summed E-state index contributed by atoms with van der Waals surface area (Å²) in [5.74, 6) is 0. The summed E-state index contributed by atoms with van der Waals surface area (Å²) < 4.78 is 0. The minimum atomic E-state index is 0.313. The highest BCUT2D eigenvalue weighted by Crippen LogP contribution is 2.24. The summed E-state index contributed by atoms with van der Waals surface area (Å²) in [5, 5.41) is 0. The van der Waals surface area contributed by atoms with Crippen molar-refractivity contribution in [2.45, 2.75) is 34.2 Å². The van der Waals surface area contributed by atoms with Gasteiger partial charge in [0.2, 0.25) is 0 Å². The van der Waals surface area contributed by atoms with Gasteiger partial charge in [0.15, 0.2) is 0 Å². The van der Waals surface area contributed by atoms with E-state index in [2.05, 4.69) is 57.8 Å². The first-order valence-electron chi connectivity index (χ1n) is 5.84. The molecule has 0 bridgehead atoms. The van der Waals surface area contributed by atoms with Gasteiger partial charge in [0.05, 0.1) is 0 Å². The Balaban J connectivity index is 2.88. The summed E-state index contributed by atoms with van der Waals surface area (Å²) >= 11 is 0. The third-order valence-corrected chi connectivity index (χ3v) is 2.62. The molecule has 2 heteroatoms. The summed E-state index contributed by atoms with van der Waals surface area (Å²) in [5.41, 5.74) is 9.74. The number of aryl methyl sites for hydroxylation is 1. The zero-order valence-corrected chi connectivity index (χ0v) is 11.2. The number of anilines is 1. The van der Waals surface area contributed by atoms with E-state index in [9.17, 15) is 0 Å². The molecule has 1 rings (SSSR count). The van der Waals surface area contributed by atoms with Crippen LogP contribution in [-0.2, 0) is 6.54 Å². The van der Waals surface area contributed by atoms with Crippen LogP contribution in [0, 0.1) is 12.3 Å². The zero-order valence-electron chi connectivity index (χ0n) is 11.2. The van der Waals surface area contributed by atoms with Crippen LogP contribution in [0.4, 0.5) is 5.69 Å². The molecule has 0 amide bonds. The molecule has 0 heterocycles. The normalized spacial score (nSPS) is 11.6. The molecule has 0 aliphatic heterocycles. The number of nitrogens with zero attached hydrogens (tertiary/aromatic N) is 1. The molecule has 0 saturated carbocycles.